The predicted molar refractivity (Wildman–Crippen MR) is 68.1 cm³/mol. The van der Waals surface area contributed by atoms with Crippen LogP contribution in [0, 0.1) is 10.1 Å². The van der Waals surface area contributed by atoms with Crippen LogP contribution < -0.4 is 0 Å². The molecular weight excluding hydrogens is 326 g/mol. The van der Waals surface area contributed by atoms with Gasteiger partial charge in [-0.05, 0) is 24.0 Å². The van der Waals surface area contributed by atoms with Crippen molar-refractivity contribution in [2.24, 2.45) is 0 Å². The molecular formula is C10H11Br2NO2. The third-order valence-electron chi connectivity index (χ3n) is 2.13. The summed E-state index contributed by atoms with van der Waals surface area (Å²) in [5, 5.41) is 12.3. The second-order valence-electron chi connectivity index (χ2n) is 3.09. The summed E-state index contributed by atoms with van der Waals surface area (Å²) in [5.41, 5.74) is 2.40. The van der Waals surface area contributed by atoms with E-state index >= 15 is 0 Å². The fraction of sp³-hybridized carbons (Fsp3) is 0.400. The highest BCUT2D eigenvalue weighted by molar-refractivity contribution is 9.09. The van der Waals surface area contributed by atoms with E-state index in [1.165, 1.54) is 5.56 Å². The van der Waals surface area contributed by atoms with Gasteiger partial charge in [-0.15, -0.1) is 0 Å². The molecule has 0 atom stereocenters. The van der Waals surface area contributed by atoms with Crippen LogP contribution in [0.3, 0.4) is 0 Å². The Balaban J connectivity index is 3.02. The molecule has 82 valence electrons. The fourth-order valence-corrected chi connectivity index (χ4v) is 2.26. The maximum Gasteiger partial charge on any atom is 0.269 e. The van der Waals surface area contributed by atoms with Crippen molar-refractivity contribution >= 4 is 37.5 Å². The number of aryl methyl sites for hydroxylation is 2. The van der Waals surface area contributed by atoms with Gasteiger partial charge < -0.3 is 0 Å². The Morgan fingerprint density at radius 3 is 2.27 bits per heavy atom. The predicted octanol–water partition coefficient (Wildman–Crippen LogP) is 3.47. The monoisotopic (exact) mass is 335 g/mol. The van der Waals surface area contributed by atoms with Crippen LogP contribution in [-0.2, 0) is 12.8 Å². The number of nitro benzene ring substituents is 1. The van der Waals surface area contributed by atoms with Crippen LogP contribution in [0.5, 0.6) is 0 Å². The molecule has 5 heteroatoms. The third-order valence-corrected chi connectivity index (χ3v) is 2.92. The number of nitro groups is 1. The van der Waals surface area contributed by atoms with Crippen molar-refractivity contribution in [2.45, 2.75) is 12.8 Å². The Morgan fingerprint density at radius 2 is 1.73 bits per heavy atom. The lowest BCUT2D eigenvalue weighted by atomic mass is 10.0. The van der Waals surface area contributed by atoms with Crippen LogP contribution in [0.2, 0.25) is 0 Å². The maximum absolute atomic E-state index is 10.6. The molecule has 0 amide bonds. The number of rotatable bonds is 5. The van der Waals surface area contributed by atoms with Crippen molar-refractivity contribution in [1.29, 1.82) is 0 Å². The first-order valence-corrected chi connectivity index (χ1v) is 6.81. The van der Waals surface area contributed by atoms with Crippen LogP contribution in [-0.4, -0.2) is 15.6 Å². The summed E-state index contributed by atoms with van der Waals surface area (Å²) in [6.07, 6.45) is 1.73. The average Bonchev–Trinajstić information content (AvgIpc) is 2.21. The zero-order valence-corrected chi connectivity index (χ0v) is 11.3. The van der Waals surface area contributed by atoms with Crippen molar-refractivity contribution in [3.8, 4) is 0 Å². The summed E-state index contributed by atoms with van der Waals surface area (Å²) in [6.45, 7) is 0. The van der Waals surface area contributed by atoms with Crippen LogP contribution in [0.4, 0.5) is 5.69 Å². The number of halogens is 2. The zero-order chi connectivity index (χ0) is 11.3. The maximum atomic E-state index is 10.6. The van der Waals surface area contributed by atoms with Gasteiger partial charge in [0.15, 0.2) is 0 Å². The molecule has 1 aromatic rings. The van der Waals surface area contributed by atoms with Crippen molar-refractivity contribution in [3.63, 3.8) is 0 Å². The third kappa shape index (κ3) is 3.57. The SMILES string of the molecule is O=[N+]([O-])c1ccc(CCBr)c(CCBr)c1. The van der Waals surface area contributed by atoms with Gasteiger partial charge in [0.1, 0.15) is 0 Å². The van der Waals surface area contributed by atoms with Gasteiger partial charge in [0.05, 0.1) is 4.92 Å². The van der Waals surface area contributed by atoms with E-state index in [4.69, 9.17) is 0 Å². The molecule has 3 nitrogen and oxygen atoms in total. The summed E-state index contributed by atoms with van der Waals surface area (Å²) < 4.78 is 0. The topological polar surface area (TPSA) is 43.1 Å². The summed E-state index contributed by atoms with van der Waals surface area (Å²) in [4.78, 5) is 10.3. The molecule has 0 bridgehead atoms. The molecule has 0 saturated carbocycles. The average molecular weight is 337 g/mol. The summed E-state index contributed by atoms with van der Waals surface area (Å²) in [6, 6.07) is 5.08. The summed E-state index contributed by atoms with van der Waals surface area (Å²) in [5.74, 6) is 0. The molecule has 15 heavy (non-hydrogen) atoms. The van der Waals surface area contributed by atoms with E-state index in [9.17, 15) is 10.1 Å². The first-order valence-electron chi connectivity index (χ1n) is 4.57. The van der Waals surface area contributed by atoms with E-state index in [-0.39, 0.29) is 10.6 Å². The second kappa shape index (κ2) is 6.23. The van der Waals surface area contributed by atoms with Crippen molar-refractivity contribution in [3.05, 3.63) is 39.4 Å². The molecule has 1 aromatic carbocycles. The second-order valence-corrected chi connectivity index (χ2v) is 4.67. The van der Waals surface area contributed by atoms with Gasteiger partial charge in [-0.1, -0.05) is 37.9 Å². The minimum absolute atomic E-state index is 0.171. The van der Waals surface area contributed by atoms with E-state index in [0.29, 0.717) is 0 Å². The van der Waals surface area contributed by atoms with Crippen LogP contribution in [0.1, 0.15) is 11.1 Å². The first-order chi connectivity index (χ1) is 7.19. The van der Waals surface area contributed by atoms with Crippen LogP contribution in [0.15, 0.2) is 18.2 Å². The minimum Gasteiger partial charge on any atom is -0.258 e. The number of nitrogens with zero attached hydrogens (tertiary/aromatic N) is 1. The van der Waals surface area contributed by atoms with Crippen molar-refractivity contribution < 1.29 is 4.92 Å². The highest BCUT2D eigenvalue weighted by atomic mass is 79.9. The van der Waals surface area contributed by atoms with Crippen molar-refractivity contribution in [1.82, 2.24) is 0 Å². The summed E-state index contributed by atoms with van der Waals surface area (Å²) >= 11 is 6.72. The lowest BCUT2D eigenvalue weighted by Crippen LogP contribution is -1.98. The van der Waals surface area contributed by atoms with Gasteiger partial charge in [0, 0.05) is 22.8 Å². The lowest BCUT2D eigenvalue weighted by Gasteiger charge is -2.06. The van der Waals surface area contributed by atoms with Gasteiger partial charge in [-0.2, -0.15) is 0 Å². The molecule has 0 aliphatic heterocycles. The normalized spacial score (nSPS) is 10.3. The highest BCUT2D eigenvalue weighted by Crippen LogP contribution is 2.20. The quantitative estimate of drug-likeness (QED) is 0.469. The van der Waals surface area contributed by atoms with Crippen molar-refractivity contribution in [2.75, 3.05) is 10.7 Å². The van der Waals surface area contributed by atoms with E-state index in [1.807, 2.05) is 6.07 Å². The number of hydrogen-bond donors (Lipinski definition) is 0. The smallest absolute Gasteiger partial charge is 0.258 e. The first kappa shape index (κ1) is 12.6. The van der Waals surface area contributed by atoms with Gasteiger partial charge in [-0.25, -0.2) is 0 Å². The molecule has 0 unspecified atom stereocenters. The molecule has 0 aromatic heterocycles. The Morgan fingerprint density at radius 1 is 1.13 bits per heavy atom. The standard InChI is InChI=1S/C10H11Br2NO2/c11-5-3-8-1-2-10(13(14)15)7-9(8)4-6-12/h1-2,7H,3-6H2. The zero-order valence-electron chi connectivity index (χ0n) is 8.08. The Labute approximate surface area is 105 Å². The van der Waals surface area contributed by atoms with E-state index < -0.39 is 0 Å². The van der Waals surface area contributed by atoms with E-state index in [1.54, 1.807) is 12.1 Å². The number of hydrogen-bond acceptors (Lipinski definition) is 2. The number of benzene rings is 1. The molecule has 0 heterocycles. The van der Waals surface area contributed by atoms with E-state index in [2.05, 4.69) is 31.9 Å². The van der Waals surface area contributed by atoms with Gasteiger partial charge in [0.2, 0.25) is 0 Å². The Hall–Kier alpha value is -0.420. The Bertz CT molecular complexity index is 355. The molecule has 1 rings (SSSR count). The van der Waals surface area contributed by atoms with E-state index in [0.717, 1.165) is 29.1 Å². The molecule has 0 fully saturated rings. The Kier molecular flexibility index (Phi) is 5.25. The molecule has 0 aliphatic rings. The molecule has 0 N–H and O–H groups in total. The van der Waals surface area contributed by atoms with Crippen LogP contribution >= 0.6 is 31.9 Å². The lowest BCUT2D eigenvalue weighted by molar-refractivity contribution is -0.384. The fourth-order valence-electron chi connectivity index (χ4n) is 1.41. The largest absolute Gasteiger partial charge is 0.269 e. The van der Waals surface area contributed by atoms with Gasteiger partial charge in [0.25, 0.3) is 5.69 Å². The summed E-state index contributed by atoms with van der Waals surface area (Å²) in [7, 11) is 0. The molecule has 0 aliphatic carbocycles. The number of non-ortho nitro benzene ring substituents is 1. The highest BCUT2D eigenvalue weighted by Gasteiger charge is 2.09. The van der Waals surface area contributed by atoms with Crippen LogP contribution in [0.25, 0.3) is 0 Å². The molecule has 0 spiro atoms. The minimum atomic E-state index is -0.352. The van der Waals surface area contributed by atoms with Gasteiger partial charge in [-0.3, -0.25) is 10.1 Å². The number of alkyl halides is 2. The molecule has 0 radical (unpaired) electrons. The molecule has 0 saturated heterocycles. The van der Waals surface area contributed by atoms with Gasteiger partial charge >= 0.3 is 0 Å².